The van der Waals surface area contributed by atoms with Crippen LogP contribution >= 0.6 is 0 Å². The Hall–Kier alpha value is -3.24. The van der Waals surface area contributed by atoms with Crippen molar-refractivity contribution in [2.45, 2.75) is 64.6 Å². The van der Waals surface area contributed by atoms with Gasteiger partial charge in [0.25, 0.3) is 0 Å². The molecule has 0 radical (unpaired) electrons. The van der Waals surface area contributed by atoms with Gasteiger partial charge in [-0.25, -0.2) is 9.59 Å². The number of aliphatic hydroxyl groups excluding tert-OH is 2. The van der Waals surface area contributed by atoms with Crippen molar-refractivity contribution in [1.82, 2.24) is 9.97 Å². The number of carbonyl (C=O) groups is 2. The van der Waals surface area contributed by atoms with Crippen molar-refractivity contribution in [3.63, 3.8) is 0 Å². The molecule has 10 heteroatoms. The lowest BCUT2D eigenvalue weighted by molar-refractivity contribution is 0.0550. The minimum atomic E-state index is -0.773. The van der Waals surface area contributed by atoms with Gasteiger partial charge in [-0.2, -0.15) is 0 Å². The summed E-state index contributed by atoms with van der Waals surface area (Å²) < 4.78 is 9.32. The highest BCUT2D eigenvalue weighted by molar-refractivity contribution is 6.06. The predicted molar refractivity (Wildman–Crippen MR) is 120 cm³/mol. The van der Waals surface area contributed by atoms with E-state index in [0.29, 0.717) is 34.1 Å². The van der Waals surface area contributed by atoms with Gasteiger partial charge in [-0.3, -0.25) is 9.97 Å². The van der Waals surface area contributed by atoms with E-state index in [1.165, 1.54) is 14.2 Å². The van der Waals surface area contributed by atoms with Gasteiger partial charge in [0.2, 0.25) is 0 Å². The SMILES string of the molecule is COC(=O)c1c(C2CC2)nc(C)c(O)c1C(=O)OC.Cc1nc(C2CC2)c(CO)c(CO)c1O. The number of pyridine rings is 2. The molecule has 10 nitrogen and oxygen atoms in total. The summed E-state index contributed by atoms with van der Waals surface area (Å²) in [5, 5.41) is 38.1. The number of rotatable bonds is 6. The molecule has 2 fully saturated rings. The van der Waals surface area contributed by atoms with Crippen LogP contribution in [-0.4, -0.2) is 56.6 Å². The maximum atomic E-state index is 11.9. The third-order valence-corrected chi connectivity index (χ3v) is 5.99. The zero-order valence-corrected chi connectivity index (χ0v) is 19.7. The number of carbonyl (C=O) groups excluding carboxylic acids is 2. The van der Waals surface area contributed by atoms with E-state index in [1.54, 1.807) is 13.8 Å². The molecular formula is C24H30N2O8. The number of methoxy groups -OCH3 is 2. The topological polar surface area (TPSA) is 159 Å². The summed E-state index contributed by atoms with van der Waals surface area (Å²) in [6, 6.07) is 0. The van der Waals surface area contributed by atoms with E-state index in [4.69, 9.17) is 0 Å². The second kappa shape index (κ2) is 10.4. The summed E-state index contributed by atoms with van der Waals surface area (Å²) in [5.41, 5.74) is 3.05. The van der Waals surface area contributed by atoms with Crippen molar-refractivity contribution in [2.24, 2.45) is 0 Å². The average molecular weight is 475 g/mol. The maximum absolute atomic E-state index is 11.9. The van der Waals surface area contributed by atoms with E-state index >= 15 is 0 Å². The van der Waals surface area contributed by atoms with Crippen molar-refractivity contribution in [1.29, 1.82) is 0 Å². The van der Waals surface area contributed by atoms with Crippen LogP contribution in [0, 0.1) is 13.8 Å². The van der Waals surface area contributed by atoms with Gasteiger partial charge < -0.3 is 29.9 Å². The van der Waals surface area contributed by atoms with Gasteiger partial charge in [-0.1, -0.05) is 0 Å². The minimum absolute atomic E-state index is 0.00551. The highest BCUT2D eigenvalue weighted by atomic mass is 16.5. The Bertz CT molecular complexity index is 1110. The van der Waals surface area contributed by atoms with Gasteiger partial charge in [-0.05, 0) is 39.5 Å². The Kier molecular flexibility index (Phi) is 7.73. The Morgan fingerprint density at radius 2 is 1.21 bits per heavy atom. The molecule has 0 aliphatic heterocycles. The van der Waals surface area contributed by atoms with E-state index in [1.807, 2.05) is 0 Å². The first-order valence-corrected chi connectivity index (χ1v) is 11.0. The molecule has 2 saturated carbocycles. The van der Waals surface area contributed by atoms with Gasteiger partial charge in [0.15, 0.2) is 5.75 Å². The molecule has 184 valence electrons. The number of ether oxygens (including phenoxy) is 2. The lowest BCUT2D eigenvalue weighted by Crippen LogP contribution is -2.17. The van der Waals surface area contributed by atoms with Crippen LogP contribution in [0.1, 0.15) is 92.1 Å². The highest BCUT2D eigenvalue weighted by Gasteiger charge is 2.36. The highest BCUT2D eigenvalue weighted by Crippen LogP contribution is 2.44. The van der Waals surface area contributed by atoms with Crippen molar-refractivity contribution < 1.29 is 39.5 Å². The molecule has 0 saturated heterocycles. The Morgan fingerprint density at radius 3 is 1.68 bits per heavy atom. The minimum Gasteiger partial charge on any atom is -0.506 e. The van der Waals surface area contributed by atoms with E-state index in [9.17, 15) is 30.0 Å². The lowest BCUT2D eigenvalue weighted by Gasteiger charge is -2.14. The molecule has 0 spiro atoms. The number of hydrogen-bond donors (Lipinski definition) is 4. The number of esters is 2. The van der Waals surface area contributed by atoms with Gasteiger partial charge in [-0.15, -0.1) is 0 Å². The fourth-order valence-electron chi connectivity index (χ4n) is 3.84. The standard InChI is InChI=1S/C13H15NO5.C11H15NO3/c1-6-11(15)9(13(17)19-3)8(12(16)18-2)10(14-6)7-4-5-7;1-6-11(15)9(5-14)8(4-13)10(12-6)7-2-3-7/h7,15H,4-5H2,1-3H3;7,13-15H,2-5H2,1H3. The number of aryl methyl sites for hydroxylation is 2. The summed E-state index contributed by atoms with van der Waals surface area (Å²) in [6.45, 7) is 2.85. The molecular weight excluding hydrogens is 444 g/mol. The lowest BCUT2D eigenvalue weighted by atomic mass is 10.0. The number of hydrogen-bond acceptors (Lipinski definition) is 10. The molecule has 2 aliphatic carbocycles. The van der Waals surface area contributed by atoms with Crippen molar-refractivity contribution in [3.8, 4) is 11.5 Å². The Labute approximate surface area is 197 Å². The summed E-state index contributed by atoms with van der Waals surface area (Å²) in [4.78, 5) is 32.2. The Morgan fingerprint density at radius 1 is 0.765 bits per heavy atom. The summed E-state index contributed by atoms with van der Waals surface area (Å²) in [5.74, 6) is -1.26. The summed E-state index contributed by atoms with van der Waals surface area (Å²) in [7, 11) is 2.41. The molecule has 0 aromatic carbocycles. The first-order valence-electron chi connectivity index (χ1n) is 11.0. The van der Waals surface area contributed by atoms with Gasteiger partial charge in [0.1, 0.15) is 11.3 Å². The van der Waals surface area contributed by atoms with Crippen molar-refractivity contribution in [2.75, 3.05) is 14.2 Å². The summed E-state index contributed by atoms with van der Waals surface area (Å²) >= 11 is 0. The molecule has 2 aliphatic rings. The molecule has 4 N–H and O–H groups in total. The van der Waals surface area contributed by atoms with Crippen LogP contribution in [0.5, 0.6) is 11.5 Å². The van der Waals surface area contributed by atoms with E-state index in [2.05, 4.69) is 19.4 Å². The summed E-state index contributed by atoms with van der Waals surface area (Å²) in [6.07, 6.45) is 3.97. The average Bonchev–Trinajstić information content (AvgIpc) is 3.74. The predicted octanol–water partition coefficient (Wildman–Crippen LogP) is 2.50. The van der Waals surface area contributed by atoms with Crippen LogP contribution in [0.3, 0.4) is 0 Å². The molecule has 0 amide bonds. The second-order valence-corrected chi connectivity index (χ2v) is 8.42. The van der Waals surface area contributed by atoms with Gasteiger partial charge in [0, 0.05) is 28.7 Å². The molecule has 2 aromatic rings. The third kappa shape index (κ3) is 4.97. The van der Waals surface area contributed by atoms with Gasteiger partial charge in [0.05, 0.1) is 50.1 Å². The number of aromatic hydroxyl groups is 2. The molecule has 0 bridgehead atoms. The zero-order chi connectivity index (χ0) is 25.2. The van der Waals surface area contributed by atoms with Crippen LogP contribution in [0.4, 0.5) is 0 Å². The molecule has 2 aromatic heterocycles. The van der Waals surface area contributed by atoms with Crippen LogP contribution in [-0.2, 0) is 22.7 Å². The smallest absolute Gasteiger partial charge is 0.342 e. The molecule has 0 unspecified atom stereocenters. The molecule has 2 heterocycles. The monoisotopic (exact) mass is 474 g/mol. The van der Waals surface area contributed by atoms with Crippen LogP contribution < -0.4 is 0 Å². The van der Waals surface area contributed by atoms with Crippen LogP contribution in [0.2, 0.25) is 0 Å². The fourth-order valence-corrected chi connectivity index (χ4v) is 3.84. The Balaban J connectivity index is 0.000000196. The zero-order valence-electron chi connectivity index (χ0n) is 19.7. The van der Waals surface area contributed by atoms with E-state index < -0.39 is 11.9 Å². The number of aromatic nitrogens is 2. The van der Waals surface area contributed by atoms with Crippen LogP contribution in [0.15, 0.2) is 0 Å². The fraction of sp³-hybridized carbons (Fsp3) is 0.500. The van der Waals surface area contributed by atoms with E-state index in [0.717, 1.165) is 31.4 Å². The molecule has 4 rings (SSSR count). The van der Waals surface area contributed by atoms with Gasteiger partial charge >= 0.3 is 11.9 Å². The normalized spacial score (nSPS) is 14.8. The second-order valence-electron chi connectivity index (χ2n) is 8.42. The molecule has 34 heavy (non-hydrogen) atoms. The number of aliphatic hydroxyl groups is 2. The largest absolute Gasteiger partial charge is 0.506 e. The maximum Gasteiger partial charge on any atom is 0.342 e. The van der Waals surface area contributed by atoms with E-state index in [-0.39, 0.29) is 41.8 Å². The first-order chi connectivity index (χ1) is 16.2. The van der Waals surface area contributed by atoms with Crippen LogP contribution in [0.25, 0.3) is 0 Å². The third-order valence-electron chi connectivity index (χ3n) is 5.99. The molecule has 0 atom stereocenters. The number of nitrogens with zero attached hydrogens (tertiary/aromatic N) is 2. The first kappa shape index (κ1) is 25.4. The van der Waals surface area contributed by atoms with Crippen molar-refractivity contribution in [3.05, 3.63) is 45.0 Å². The quantitative estimate of drug-likeness (QED) is 0.458. The van der Waals surface area contributed by atoms with Crippen molar-refractivity contribution >= 4 is 11.9 Å².